The number of hydrogen-bond donors (Lipinski definition) is 2. The zero-order valence-electron chi connectivity index (χ0n) is 12.4. The Kier molecular flexibility index (Phi) is 4.47. The van der Waals surface area contributed by atoms with E-state index in [4.69, 9.17) is 11.6 Å². The maximum absolute atomic E-state index is 12.4. The fraction of sp³-hybridized carbons (Fsp3) is 0.188. The summed E-state index contributed by atoms with van der Waals surface area (Å²) in [4.78, 5) is 27.6. The van der Waals surface area contributed by atoms with Crippen LogP contribution in [0.25, 0.3) is 0 Å². The van der Waals surface area contributed by atoms with Gasteiger partial charge in [0.15, 0.2) is 0 Å². The third kappa shape index (κ3) is 3.09. The quantitative estimate of drug-likeness (QED) is 0.847. The van der Waals surface area contributed by atoms with Gasteiger partial charge in [-0.2, -0.15) is 0 Å². The predicted octanol–water partition coefficient (Wildman–Crippen LogP) is 3.61. The molecule has 2 rings (SSSR count). The Balaban J connectivity index is 2.42. The molecule has 114 valence electrons. The molecule has 1 amide bonds. The fourth-order valence-corrected chi connectivity index (χ4v) is 2.33. The van der Waals surface area contributed by atoms with Crippen molar-refractivity contribution in [2.24, 2.45) is 0 Å². The maximum atomic E-state index is 12.4. The molecule has 0 saturated carbocycles. The van der Waals surface area contributed by atoms with E-state index in [1.165, 1.54) is 6.07 Å². The van der Waals surface area contributed by atoms with E-state index in [1.54, 1.807) is 39.0 Å². The summed E-state index contributed by atoms with van der Waals surface area (Å²) in [7, 11) is 0. The first kappa shape index (κ1) is 16.0. The highest BCUT2D eigenvalue weighted by molar-refractivity contribution is 6.29. The predicted molar refractivity (Wildman–Crippen MR) is 84.8 cm³/mol. The third-order valence-electron chi connectivity index (χ3n) is 3.42. The summed E-state index contributed by atoms with van der Waals surface area (Å²) in [5, 5.41) is 12.1. The van der Waals surface area contributed by atoms with Gasteiger partial charge in [0.25, 0.3) is 5.91 Å². The number of aromatic carboxylic acids is 1. The number of amides is 1. The van der Waals surface area contributed by atoms with E-state index in [2.05, 4.69) is 10.3 Å². The van der Waals surface area contributed by atoms with Crippen LogP contribution < -0.4 is 5.32 Å². The number of carboxylic acid groups (broad SMARTS) is 1. The fourth-order valence-electron chi connectivity index (χ4n) is 2.18. The molecule has 1 heterocycles. The smallest absolute Gasteiger partial charge is 0.336 e. The molecule has 6 heteroatoms. The van der Waals surface area contributed by atoms with Crippen molar-refractivity contribution in [1.82, 2.24) is 4.98 Å². The van der Waals surface area contributed by atoms with Crippen LogP contribution in [0.4, 0.5) is 5.69 Å². The van der Waals surface area contributed by atoms with E-state index in [0.29, 0.717) is 16.8 Å². The molecule has 0 aliphatic rings. The van der Waals surface area contributed by atoms with Crippen LogP contribution in [0.5, 0.6) is 0 Å². The van der Waals surface area contributed by atoms with Crippen molar-refractivity contribution in [2.45, 2.75) is 20.8 Å². The highest BCUT2D eigenvalue weighted by Crippen LogP contribution is 2.25. The van der Waals surface area contributed by atoms with Crippen LogP contribution in [0.15, 0.2) is 24.3 Å². The molecule has 22 heavy (non-hydrogen) atoms. The Bertz CT molecular complexity index is 772. The SMILES string of the molecule is Cc1ccc(Cl)nc1C(=O)Nc1c(C)ccc(C(=O)O)c1C. The number of aromatic nitrogens is 1. The molecule has 0 saturated heterocycles. The van der Waals surface area contributed by atoms with E-state index in [-0.39, 0.29) is 16.4 Å². The van der Waals surface area contributed by atoms with Gasteiger partial charge in [0, 0.05) is 5.69 Å². The third-order valence-corrected chi connectivity index (χ3v) is 3.63. The van der Waals surface area contributed by atoms with Crippen LogP contribution in [0.3, 0.4) is 0 Å². The van der Waals surface area contributed by atoms with Crippen molar-refractivity contribution in [3.05, 3.63) is 57.4 Å². The lowest BCUT2D eigenvalue weighted by Crippen LogP contribution is -2.18. The minimum Gasteiger partial charge on any atom is -0.478 e. The molecule has 1 aromatic carbocycles. The highest BCUT2D eigenvalue weighted by Gasteiger charge is 2.17. The summed E-state index contributed by atoms with van der Waals surface area (Å²) in [6, 6.07) is 6.49. The standard InChI is InChI=1S/C16H15ClN2O3/c1-8-4-6-11(16(21)22)10(3)13(8)19-15(20)14-9(2)5-7-12(17)18-14/h4-7H,1-3H3,(H,19,20)(H,21,22). The number of anilines is 1. The molecule has 0 fully saturated rings. The number of benzene rings is 1. The van der Waals surface area contributed by atoms with Crippen LogP contribution in [-0.2, 0) is 0 Å². The lowest BCUT2D eigenvalue weighted by molar-refractivity contribution is 0.0695. The van der Waals surface area contributed by atoms with Crippen molar-refractivity contribution in [3.63, 3.8) is 0 Å². The first-order chi connectivity index (χ1) is 10.3. The number of rotatable bonds is 3. The van der Waals surface area contributed by atoms with Gasteiger partial charge in [0.1, 0.15) is 10.8 Å². The Hall–Kier alpha value is -2.40. The van der Waals surface area contributed by atoms with Crippen molar-refractivity contribution in [1.29, 1.82) is 0 Å². The summed E-state index contributed by atoms with van der Waals surface area (Å²) in [5.74, 6) is -1.46. The molecule has 0 aliphatic carbocycles. The molecular weight excluding hydrogens is 304 g/mol. The van der Waals surface area contributed by atoms with Crippen molar-refractivity contribution < 1.29 is 14.7 Å². The van der Waals surface area contributed by atoms with Crippen LogP contribution >= 0.6 is 11.6 Å². The van der Waals surface area contributed by atoms with Gasteiger partial charge in [-0.05, 0) is 49.6 Å². The lowest BCUT2D eigenvalue weighted by atomic mass is 10.0. The zero-order valence-corrected chi connectivity index (χ0v) is 13.2. The normalized spacial score (nSPS) is 10.4. The van der Waals surface area contributed by atoms with E-state index in [1.807, 2.05) is 0 Å². The monoisotopic (exact) mass is 318 g/mol. The maximum Gasteiger partial charge on any atom is 0.336 e. The Morgan fingerprint density at radius 3 is 2.36 bits per heavy atom. The number of hydrogen-bond acceptors (Lipinski definition) is 3. The second-order valence-electron chi connectivity index (χ2n) is 4.99. The van der Waals surface area contributed by atoms with Gasteiger partial charge < -0.3 is 10.4 Å². The first-order valence-electron chi connectivity index (χ1n) is 6.59. The summed E-state index contributed by atoms with van der Waals surface area (Å²) in [6.07, 6.45) is 0. The minimum atomic E-state index is -1.04. The van der Waals surface area contributed by atoms with Crippen molar-refractivity contribution in [3.8, 4) is 0 Å². The molecule has 0 unspecified atom stereocenters. The number of nitrogens with zero attached hydrogens (tertiary/aromatic N) is 1. The summed E-state index contributed by atoms with van der Waals surface area (Å²) in [5.41, 5.74) is 2.80. The highest BCUT2D eigenvalue weighted by atomic mass is 35.5. The zero-order chi connectivity index (χ0) is 16.4. The van der Waals surface area contributed by atoms with Crippen molar-refractivity contribution in [2.75, 3.05) is 5.32 Å². The minimum absolute atomic E-state index is 0.150. The molecule has 0 bridgehead atoms. The van der Waals surface area contributed by atoms with Gasteiger partial charge in [-0.15, -0.1) is 0 Å². The second kappa shape index (κ2) is 6.15. The van der Waals surface area contributed by atoms with E-state index < -0.39 is 11.9 Å². The molecule has 2 aromatic rings. The van der Waals surface area contributed by atoms with Gasteiger partial charge in [-0.25, -0.2) is 9.78 Å². The lowest BCUT2D eigenvalue weighted by Gasteiger charge is -2.14. The molecule has 2 N–H and O–H groups in total. The molecule has 5 nitrogen and oxygen atoms in total. The first-order valence-corrected chi connectivity index (χ1v) is 6.97. The number of halogens is 1. The van der Waals surface area contributed by atoms with Crippen LogP contribution in [0.2, 0.25) is 5.15 Å². The van der Waals surface area contributed by atoms with Crippen LogP contribution in [0, 0.1) is 20.8 Å². The molecule has 0 spiro atoms. The van der Waals surface area contributed by atoms with E-state index >= 15 is 0 Å². The molecule has 0 radical (unpaired) electrons. The van der Waals surface area contributed by atoms with Crippen LogP contribution in [0.1, 0.15) is 37.5 Å². The van der Waals surface area contributed by atoms with Crippen molar-refractivity contribution >= 4 is 29.2 Å². The Labute approximate surface area is 133 Å². The number of carbonyl (C=O) groups excluding carboxylic acids is 1. The van der Waals surface area contributed by atoms with Crippen LogP contribution in [-0.4, -0.2) is 22.0 Å². The number of pyridine rings is 1. The molecule has 0 aliphatic heterocycles. The van der Waals surface area contributed by atoms with Gasteiger partial charge >= 0.3 is 5.97 Å². The van der Waals surface area contributed by atoms with Gasteiger partial charge in [0.2, 0.25) is 0 Å². The second-order valence-corrected chi connectivity index (χ2v) is 5.38. The summed E-state index contributed by atoms with van der Waals surface area (Å²) in [6.45, 7) is 5.21. The number of carbonyl (C=O) groups is 2. The summed E-state index contributed by atoms with van der Waals surface area (Å²) >= 11 is 5.82. The van der Waals surface area contributed by atoms with E-state index in [9.17, 15) is 14.7 Å². The van der Waals surface area contributed by atoms with Gasteiger partial charge in [-0.1, -0.05) is 23.7 Å². The van der Waals surface area contributed by atoms with Gasteiger partial charge in [-0.3, -0.25) is 4.79 Å². The van der Waals surface area contributed by atoms with E-state index in [0.717, 1.165) is 5.56 Å². The Morgan fingerprint density at radius 1 is 1.09 bits per heavy atom. The molecule has 1 aromatic heterocycles. The number of aryl methyl sites for hydroxylation is 2. The average Bonchev–Trinajstić information content (AvgIpc) is 2.45. The number of carboxylic acids is 1. The molecule has 0 atom stereocenters. The number of nitrogens with one attached hydrogen (secondary N) is 1. The summed E-state index contributed by atoms with van der Waals surface area (Å²) < 4.78 is 0. The average molecular weight is 319 g/mol. The largest absolute Gasteiger partial charge is 0.478 e. The topological polar surface area (TPSA) is 79.3 Å². The Morgan fingerprint density at radius 2 is 1.73 bits per heavy atom. The molecular formula is C16H15ClN2O3. The van der Waals surface area contributed by atoms with Gasteiger partial charge in [0.05, 0.1) is 5.56 Å².